The van der Waals surface area contributed by atoms with Gasteiger partial charge in [0.2, 0.25) is 5.88 Å². The topological polar surface area (TPSA) is 53.4 Å². The Balaban J connectivity index is 2.99. The zero-order chi connectivity index (χ0) is 11.2. The van der Waals surface area contributed by atoms with E-state index in [0.29, 0.717) is 26.5 Å². The van der Waals surface area contributed by atoms with Crippen LogP contribution in [0.1, 0.15) is 5.56 Å². The van der Waals surface area contributed by atoms with E-state index in [1.807, 2.05) is 0 Å². The van der Waals surface area contributed by atoms with Gasteiger partial charge >= 0.3 is 0 Å². The van der Waals surface area contributed by atoms with Crippen LogP contribution < -0.4 is 0 Å². The summed E-state index contributed by atoms with van der Waals surface area (Å²) in [5.41, 5.74) is 0.667. The standard InChI is InChI=1S/C10H7Cl2NO2/c1-4-9(14)8-6(12)2-5(11)3-7(8)13-10(4)15/h2-3H,1H3,(H2,13,14,15). The van der Waals surface area contributed by atoms with Crippen LogP contribution in [0, 0.1) is 6.92 Å². The van der Waals surface area contributed by atoms with E-state index in [4.69, 9.17) is 23.2 Å². The Morgan fingerprint density at radius 1 is 1.20 bits per heavy atom. The van der Waals surface area contributed by atoms with Gasteiger partial charge in [-0.1, -0.05) is 23.2 Å². The Morgan fingerprint density at radius 2 is 1.87 bits per heavy atom. The smallest absolute Gasteiger partial charge is 0.218 e. The molecule has 1 aromatic heterocycles. The summed E-state index contributed by atoms with van der Waals surface area (Å²) >= 11 is 11.7. The highest BCUT2D eigenvalue weighted by atomic mass is 35.5. The Kier molecular flexibility index (Phi) is 2.37. The molecule has 3 nitrogen and oxygen atoms in total. The Morgan fingerprint density at radius 3 is 2.53 bits per heavy atom. The third kappa shape index (κ3) is 1.58. The Hall–Kier alpha value is -1.19. The van der Waals surface area contributed by atoms with E-state index < -0.39 is 0 Å². The molecule has 0 bridgehead atoms. The third-order valence-electron chi connectivity index (χ3n) is 2.19. The number of hydrogen-bond acceptors (Lipinski definition) is 3. The van der Waals surface area contributed by atoms with E-state index in [2.05, 4.69) is 4.98 Å². The number of hydrogen-bond donors (Lipinski definition) is 2. The van der Waals surface area contributed by atoms with Crippen molar-refractivity contribution in [2.75, 3.05) is 0 Å². The molecule has 5 heteroatoms. The SMILES string of the molecule is Cc1c(O)nc2cc(Cl)cc(Cl)c2c1O. The van der Waals surface area contributed by atoms with E-state index in [1.165, 1.54) is 12.1 Å². The minimum Gasteiger partial charge on any atom is -0.507 e. The van der Waals surface area contributed by atoms with Crippen LogP contribution in [0.5, 0.6) is 11.6 Å². The summed E-state index contributed by atoms with van der Waals surface area (Å²) in [4.78, 5) is 3.88. The highest BCUT2D eigenvalue weighted by Crippen LogP contribution is 2.37. The van der Waals surface area contributed by atoms with Crippen LogP contribution in [0.15, 0.2) is 12.1 Å². The minimum absolute atomic E-state index is 0.0702. The van der Waals surface area contributed by atoms with Crippen LogP contribution >= 0.6 is 23.2 Å². The summed E-state index contributed by atoms with van der Waals surface area (Å²) in [5.74, 6) is -0.294. The number of benzene rings is 1. The molecule has 0 aliphatic carbocycles. The van der Waals surface area contributed by atoms with Crippen molar-refractivity contribution in [1.82, 2.24) is 4.98 Å². The zero-order valence-corrected chi connectivity index (χ0v) is 9.26. The van der Waals surface area contributed by atoms with E-state index in [0.717, 1.165) is 0 Å². The van der Waals surface area contributed by atoms with E-state index in [1.54, 1.807) is 6.92 Å². The first-order valence-corrected chi connectivity index (χ1v) is 4.93. The van der Waals surface area contributed by atoms with Crippen molar-refractivity contribution in [3.05, 3.63) is 27.7 Å². The third-order valence-corrected chi connectivity index (χ3v) is 2.70. The van der Waals surface area contributed by atoms with Crippen LogP contribution in [0.25, 0.3) is 10.9 Å². The molecule has 0 aliphatic heterocycles. The predicted molar refractivity (Wildman–Crippen MR) is 59.8 cm³/mol. The van der Waals surface area contributed by atoms with Gasteiger partial charge in [0, 0.05) is 5.02 Å². The molecule has 1 heterocycles. The summed E-state index contributed by atoms with van der Waals surface area (Å²) in [6.45, 7) is 1.56. The molecule has 0 saturated carbocycles. The minimum atomic E-state index is -0.224. The van der Waals surface area contributed by atoms with Gasteiger partial charge in [0.25, 0.3) is 0 Å². The van der Waals surface area contributed by atoms with Crippen molar-refractivity contribution in [2.24, 2.45) is 0 Å². The van der Waals surface area contributed by atoms with Gasteiger partial charge in [-0.05, 0) is 19.1 Å². The highest BCUT2D eigenvalue weighted by Gasteiger charge is 2.13. The zero-order valence-electron chi connectivity index (χ0n) is 7.75. The number of halogens is 2. The van der Waals surface area contributed by atoms with Gasteiger partial charge < -0.3 is 10.2 Å². The molecule has 0 amide bonds. The summed E-state index contributed by atoms with van der Waals surface area (Å²) in [7, 11) is 0. The molecule has 15 heavy (non-hydrogen) atoms. The first-order valence-electron chi connectivity index (χ1n) is 4.18. The number of nitrogens with zero attached hydrogens (tertiary/aromatic N) is 1. The molecule has 0 unspecified atom stereocenters. The molecule has 2 rings (SSSR count). The van der Waals surface area contributed by atoms with Crippen LogP contribution in [0.3, 0.4) is 0 Å². The van der Waals surface area contributed by atoms with E-state index >= 15 is 0 Å². The summed E-state index contributed by atoms with van der Waals surface area (Å²) < 4.78 is 0. The lowest BCUT2D eigenvalue weighted by molar-refractivity contribution is 0.433. The molecule has 0 atom stereocenters. The lowest BCUT2D eigenvalue weighted by atomic mass is 10.1. The fourth-order valence-electron chi connectivity index (χ4n) is 1.37. The number of aromatic nitrogens is 1. The molecule has 2 N–H and O–H groups in total. The first-order chi connectivity index (χ1) is 7.00. The summed E-state index contributed by atoms with van der Waals surface area (Å²) in [6, 6.07) is 3.05. The number of aromatic hydroxyl groups is 2. The van der Waals surface area contributed by atoms with Gasteiger partial charge in [0.1, 0.15) is 5.75 Å². The second-order valence-electron chi connectivity index (χ2n) is 3.19. The molecule has 0 saturated heterocycles. The highest BCUT2D eigenvalue weighted by molar-refractivity contribution is 6.39. The van der Waals surface area contributed by atoms with Gasteiger partial charge in [0.15, 0.2) is 0 Å². The van der Waals surface area contributed by atoms with Crippen molar-refractivity contribution in [3.63, 3.8) is 0 Å². The predicted octanol–water partition coefficient (Wildman–Crippen LogP) is 3.26. The van der Waals surface area contributed by atoms with Gasteiger partial charge in [-0.15, -0.1) is 0 Å². The summed E-state index contributed by atoms with van der Waals surface area (Å²) in [6.07, 6.45) is 0. The van der Waals surface area contributed by atoms with Crippen molar-refractivity contribution in [1.29, 1.82) is 0 Å². The molecule has 78 valence electrons. The van der Waals surface area contributed by atoms with Crippen LogP contribution in [0.4, 0.5) is 0 Å². The number of rotatable bonds is 0. The largest absolute Gasteiger partial charge is 0.507 e. The average Bonchev–Trinajstić information content (AvgIpc) is 2.13. The fourth-order valence-corrected chi connectivity index (χ4v) is 1.95. The van der Waals surface area contributed by atoms with Gasteiger partial charge in [-0.25, -0.2) is 4.98 Å². The molecule has 1 aromatic carbocycles. The maximum absolute atomic E-state index is 9.78. The van der Waals surface area contributed by atoms with Crippen molar-refractivity contribution in [3.8, 4) is 11.6 Å². The molecular weight excluding hydrogens is 237 g/mol. The Bertz CT molecular complexity index is 555. The monoisotopic (exact) mass is 243 g/mol. The first kappa shape index (κ1) is 10.3. The fraction of sp³-hybridized carbons (Fsp3) is 0.100. The molecule has 2 aromatic rings. The average molecular weight is 244 g/mol. The van der Waals surface area contributed by atoms with E-state index in [-0.39, 0.29) is 11.6 Å². The second kappa shape index (κ2) is 3.43. The van der Waals surface area contributed by atoms with Crippen molar-refractivity contribution < 1.29 is 10.2 Å². The van der Waals surface area contributed by atoms with E-state index in [9.17, 15) is 10.2 Å². The number of fused-ring (bicyclic) bond motifs is 1. The van der Waals surface area contributed by atoms with Crippen LogP contribution in [0.2, 0.25) is 10.0 Å². The quantitative estimate of drug-likeness (QED) is 0.747. The maximum Gasteiger partial charge on any atom is 0.218 e. The molecule has 0 fully saturated rings. The maximum atomic E-state index is 9.78. The van der Waals surface area contributed by atoms with Gasteiger partial charge in [-0.2, -0.15) is 0 Å². The second-order valence-corrected chi connectivity index (χ2v) is 4.03. The normalized spacial score (nSPS) is 10.9. The molecule has 0 radical (unpaired) electrons. The van der Waals surface area contributed by atoms with Crippen LogP contribution in [-0.2, 0) is 0 Å². The Labute approximate surface area is 95.9 Å². The molecule has 0 aliphatic rings. The number of pyridine rings is 1. The lowest BCUT2D eigenvalue weighted by Gasteiger charge is -2.07. The molecular formula is C10H7Cl2NO2. The van der Waals surface area contributed by atoms with Crippen LogP contribution in [-0.4, -0.2) is 15.2 Å². The van der Waals surface area contributed by atoms with Crippen molar-refractivity contribution in [2.45, 2.75) is 6.92 Å². The van der Waals surface area contributed by atoms with Gasteiger partial charge in [-0.3, -0.25) is 0 Å². The summed E-state index contributed by atoms with van der Waals surface area (Å²) in [5, 5.41) is 20.3. The van der Waals surface area contributed by atoms with Crippen molar-refractivity contribution >= 4 is 34.1 Å². The molecule has 0 spiro atoms. The lowest BCUT2D eigenvalue weighted by Crippen LogP contribution is -1.86. The van der Waals surface area contributed by atoms with Gasteiger partial charge in [0.05, 0.1) is 21.5 Å².